The highest BCUT2D eigenvalue weighted by Gasteiger charge is 2.05. The van der Waals surface area contributed by atoms with Gasteiger partial charge in [0.15, 0.2) is 5.12 Å². The second-order valence-corrected chi connectivity index (χ2v) is 5.41. The molecule has 2 rings (SSSR count). The van der Waals surface area contributed by atoms with Gasteiger partial charge in [-0.3, -0.25) is 9.59 Å². The molecule has 0 aliphatic heterocycles. The Labute approximate surface area is 114 Å². The van der Waals surface area contributed by atoms with Crippen LogP contribution in [0.25, 0.3) is 10.2 Å². The summed E-state index contributed by atoms with van der Waals surface area (Å²) >= 11 is 5.32. The minimum absolute atomic E-state index is 0.0893. The summed E-state index contributed by atoms with van der Waals surface area (Å²) < 4.78 is 1.04. The number of aromatic nitrogens is 1. The molecule has 1 N–H and O–H groups in total. The maximum Gasteiger partial charge on any atom is 0.211 e. The Morgan fingerprint density at radius 2 is 2.33 bits per heavy atom. The minimum atomic E-state index is -0.0893. The van der Waals surface area contributed by atoms with Crippen LogP contribution >= 0.6 is 24.0 Å². The molecule has 94 valence electrons. The van der Waals surface area contributed by atoms with Gasteiger partial charge in [-0.15, -0.1) is 24.0 Å². The first-order chi connectivity index (χ1) is 8.69. The van der Waals surface area contributed by atoms with E-state index in [1.165, 1.54) is 0 Å². The van der Waals surface area contributed by atoms with E-state index in [2.05, 4.69) is 22.9 Å². The van der Waals surface area contributed by atoms with Gasteiger partial charge in [0, 0.05) is 12.1 Å². The summed E-state index contributed by atoms with van der Waals surface area (Å²) in [7, 11) is 0. The molecule has 4 nitrogen and oxygen atoms in total. The lowest BCUT2D eigenvalue weighted by Gasteiger charge is -1.95. The number of thiazole rings is 1. The lowest BCUT2D eigenvalue weighted by molar-refractivity contribution is -0.111. The molecule has 1 aromatic heterocycles. The largest absolute Gasteiger partial charge is 0.329 e. The highest BCUT2D eigenvalue weighted by atomic mass is 32.1. The summed E-state index contributed by atoms with van der Waals surface area (Å²) in [5.41, 5.74) is 1.68. The van der Waals surface area contributed by atoms with Gasteiger partial charge >= 0.3 is 0 Å². The topological polar surface area (TPSA) is 59.1 Å². The number of hydrogen-bond donors (Lipinski definition) is 2. The number of carbonyl (C=O) groups is 2. The predicted octanol–water partition coefficient (Wildman–Crippen LogP) is 2.64. The van der Waals surface area contributed by atoms with Gasteiger partial charge in [0.2, 0.25) is 6.41 Å². The summed E-state index contributed by atoms with van der Waals surface area (Å²) in [5.74, 6) is 0. The van der Waals surface area contributed by atoms with Crippen LogP contribution < -0.4 is 5.32 Å². The molecule has 1 aromatic carbocycles. The van der Waals surface area contributed by atoms with Crippen LogP contribution in [0.5, 0.6) is 0 Å². The number of aryl methyl sites for hydroxylation is 1. The predicted molar refractivity (Wildman–Crippen MR) is 76.2 cm³/mol. The maximum absolute atomic E-state index is 10.7. The van der Waals surface area contributed by atoms with Crippen molar-refractivity contribution in [2.45, 2.75) is 19.3 Å². The van der Waals surface area contributed by atoms with Crippen molar-refractivity contribution in [3.8, 4) is 0 Å². The number of nitrogens with zero attached hydrogens (tertiary/aromatic N) is 1. The average molecular weight is 280 g/mol. The standard InChI is InChI=1S/C12H12N2O2S2/c15-7-13-8-4-5-9-10(6-8)18-11(14-9)2-1-3-12(16)17/h4-7H,1-3H2,(H,13,15)(H,16,17). The van der Waals surface area contributed by atoms with E-state index in [-0.39, 0.29) is 5.12 Å². The van der Waals surface area contributed by atoms with E-state index in [1.807, 2.05) is 18.2 Å². The van der Waals surface area contributed by atoms with Crippen LogP contribution in [0.4, 0.5) is 5.69 Å². The highest BCUT2D eigenvalue weighted by Crippen LogP contribution is 2.26. The summed E-state index contributed by atoms with van der Waals surface area (Å²) in [6.07, 6.45) is 2.67. The first-order valence-corrected chi connectivity index (χ1v) is 6.77. The summed E-state index contributed by atoms with van der Waals surface area (Å²) in [6, 6.07) is 5.59. The van der Waals surface area contributed by atoms with Crippen molar-refractivity contribution in [1.29, 1.82) is 0 Å². The minimum Gasteiger partial charge on any atom is -0.329 e. The van der Waals surface area contributed by atoms with Crippen LogP contribution in [0.2, 0.25) is 0 Å². The van der Waals surface area contributed by atoms with E-state index >= 15 is 0 Å². The molecule has 0 aliphatic carbocycles. The highest BCUT2D eigenvalue weighted by molar-refractivity contribution is 7.96. The van der Waals surface area contributed by atoms with Crippen molar-refractivity contribution in [2.24, 2.45) is 0 Å². The van der Waals surface area contributed by atoms with Crippen LogP contribution in [0.3, 0.4) is 0 Å². The summed E-state index contributed by atoms with van der Waals surface area (Å²) in [5, 5.41) is 3.52. The molecule has 1 heterocycles. The molecular weight excluding hydrogens is 268 g/mol. The van der Waals surface area contributed by atoms with Crippen molar-refractivity contribution in [1.82, 2.24) is 4.98 Å². The number of thiol groups is 1. The third-order valence-corrected chi connectivity index (χ3v) is 3.74. The molecule has 0 saturated carbocycles. The maximum atomic E-state index is 10.7. The van der Waals surface area contributed by atoms with Gasteiger partial charge in [0.05, 0.1) is 15.2 Å². The molecule has 0 saturated heterocycles. The molecule has 2 aromatic rings. The van der Waals surface area contributed by atoms with Crippen molar-refractivity contribution in [2.75, 3.05) is 5.32 Å². The van der Waals surface area contributed by atoms with E-state index in [4.69, 9.17) is 0 Å². The molecule has 0 aliphatic rings. The zero-order chi connectivity index (χ0) is 13.0. The number of nitrogens with one attached hydrogen (secondary N) is 1. The second kappa shape index (κ2) is 5.97. The Morgan fingerprint density at radius 3 is 3.06 bits per heavy atom. The molecule has 0 unspecified atom stereocenters. The van der Waals surface area contributed by atoms with Crippen LogP contribution in [0.15, 0.2) is 18.2 Å². The molecule has 0 fully saturated rings. The Balaban J connectivity index is 2.11. The van der Waals surface area contributed by atoms with E-state index < -0.39 is 0 Å². The van der Waals surface area contributed by atoms with E-state index in [1.54, 1.807) is 11.3 Å². The average Bonchev–Trinajstić information content (AvgIpc) is 2.71. The molecule has 18 heavy (non-hydrogen) atoms. The van der Waals surface area contributed by atoms with Crippen molar-refractivity contribution in [3.63, 3.8) is 0 Å². The number of amides is 1. The molecule has 1 amide bonds. The fourth-order valence-electron chi connectivity index (χ4n) is 1.63. The zero-order valence-corrected chi connectivity index (χ0v) is 11.3. The summed E-state index contributed by atoms with van der Waals surface area (Å²) in [6.45, 7) is 0. The zero-order valence-electron chi connectivity index (χ0n) is 9.55. The Hall–Kier alpha value is -1.40. The SMILES string of the molecule is O=CNc1ccc2nc(CCCC(=O)S)sc2c1. The molecule has 6 heteroatoms. The van der Waals surface area contributed by atoms with Crippen molar-refractivity contribution < 1.29 is 9.59 Å². The van der Waals surface area contributed by atoms with Gasteiger partial charge < -0.3 is 5.32 Å². The molecule has 0 radical (unpaired) electrons. The quantitative estimate of drug-likeness (QED) is 0.631. The van der Waals surface area contributed by atoms with Gasteiger partial charge in [-0.25, -0.2) is 4.98 Å². The Kier molecular flexibility index (Phi) is 4.33. The smallest absolute Gasteiger partial charge is 0.211 e. The van der Waals surface area contributed by atoms with Gasteiger partial charge in [-0.2, -0.15) is 0 Å². The number of hydrogen-bond acceptors (Lipinski definition) is 4. The van der Waals surface area contributed by atoms with Crippen LogP contribution in [0.1, 0.15) is 17.8 Å². The van der Waals surface area contributed by atoms with Crippen molar-refractivity contribution >= 4 is 51.4 Å². The number of benzene rings is 1. The number of rotatable bonds is 6. The molecule has 0 atom stereocenters. The van der Waals surface area contributed by atoms with Gasteiger partial charge in [-0.1, -0.05) is 0 Å². The Morgan fingerprint density at radius 1 is 1.50 bits per heavy atom. The van der Waals surface area contributed by atoms with Crippen LogP contribution in [0, 0.1) is 0 Å². The van der Waals surface area contributed by atoms with E-state index in [9.17, 15) is 9.59 Å². The molecular formula is C12H12N2O2S2. The number of fused-ring (bicyclic) bond motifs is 1. The fourth-order valence-corrected chi connectivity index (χ4v) is 2.83. The Bertz CT molecular complexity index is 580. The van der Waals surface area contributed by atoms with Gasteiger partial charge in [0.1, 0.15) is 0 Å². The van der Waals surface area contributed by atoms with Crippen molar-refractivity contribution in [3.05, 3.63) is 23.2 Å². The van der Waals surface area contributed by atoms with Crippen LogP contribution in [-0.2, 0) is 16.0 Å². The third-order valence-electron chi connectivity index (χ3n) is 2.44. The number of anilines is 1. The molecule has 0 bridgehead atoms. The van der Waals surface area contributed by atoms with Gasteiger partial charge in [0.25, 0.3) is 0 Å². The van der Waals surface area contributed by atoms with E-state index in [0.717, 1.165) is 33.8 Å². The lowest BCUT2D eigenvalue weighted by atomic mass is 10.2. The van der Waals surface area contributed by atoms with Crippen LogP contribution in [-0.4, -0.2) is 16.5 Å². The monoisotopic (exact) mass is 280 g/mol. The molecule has 0 spiro atoms. The third kappa shape index (κ3) is 3.30. The van der Waals surface area contributed by atoms with E-state index in [0.29, 0.717) is 12.8 Å². The summed E-state index contributed by atoms with van der Waals surface area (Å²) in [4.78, 5) is 25.6. The first-order valence-electron chi connectivity index (χ1n) is 5.50. The normalized spacial score (nSPS) is 10.5. The lowest BCUT2D eigenvalue weighted by Crippen LogP contribution is -1.92. The van der Waals surface area contributed by atoms with Gasteiger partial charge in [-0.05, 0) is 31.0 Å². The second-order valence-electron chi connectivity index (χ2n) is 3.80. The fraction of sp³-hybridized carbons (Fsp3) is 0.250. The number of carbonyl (C=O) groups excluding carboxylic acids is 2. The first kappa shape index (κ1) is 13.0.